The number of nitriles is 1. The number of hydrogen-bond acceptors (Lipinski definition) is 5. The minimum atomic E-state index is -3.77. The van der Waals surface area contributed by atoms with Crippen LogP contribution < -0.4 is 9.47 Å². The van der Waals surface area contributed by atoms with Gasteiger partial charge in [-0.25, -0.2) is 8.42 Å². The molecule has 0 aliphatic rings. The zero-order valence-electron chi connectivity index (χ0n) is 14.0. The van der Waals surface area contributed by atoms with E-state index in [1.54, 1.807) is 25.3 Å². The maximum Gasteiger partial charge on any atom is 0.243 e. The summed E-state index contributed by atoms with van der Waals surface area (Å²) in [5.41, 5.74) is 0.911. The van der Waals surface area contributed by atoms with Crippen LogP contribution >= 0.6 is 11.6 Å². The Balaban J connectivity index is 2.32. The first-order chi connectivity index (χ1) is 11.8. The molecule has 6 nitrogen and oxygen atoms in total. The quantitative estimate of drug-likeness (QED) is 0.769. The largest absolute Gasteiger partial charge is 0.497 e. The maximum absolute atomic E-state index is 12.7. The van der Waals surface area contributed by atoms with E-state index in [2.05, 4.69) is 0 Å². The number of rotatable bonds is 6. The molecule has 0 heterocycles. The number of halogens is 1. The monoisotopic (exact) mass is 380 g/mol. The zero-order chi connectivity index (χ0) is 18.6. The first kappa shape index (κ1) is 19.1. The molecule has 0 spiro atoms. The van der Waals surface area contributed by atoms with Crippen LogP contribution in [0.3, 0.4) is 0 Å². The molecule has 0 fully saturated rings. The van der Waals surface area contributed by atoms with Crippen LogP contribution in [0.1, 0.15) is 11.1 Å². The standard InChI is InChI=1S/C17H17ClN2O4S/c1-20(11-13-4-6-14(23-2)8-17(13)24-3)25(21,22)15-7-5-12(10-19)16(18)9-15/h4-9H,11H2,1-3H3. The SMILES string of the molecule is COc1ccc(CN(C)S(=O)(=O)c2ccc(C#N)c(Cl)c2)c(OC)c1. The highest BCUT2D eigenvalue weighted by atomic mass is 35.5. The van der Waals surface area contributed by atoms with Crippen molar-refractivity contribution in [3.05, 3.63) is 52.5 Å². The van der Waals surface area contributed by atoms with Crippen LogP contribution in [0.25, 0.3) is 0 Å². The molecule has 0 aliphatic heterocycles. The Morgan fingerprint density at radius 2 is 1.88 bits per heavy atom. The van der Waals surface area contributed by atoms with E-state index < -0.39 is 10.0 Å². The summed E-state index contributed by atoms with van der Waals surface area (Å²) in [4.78, 5) is 0.0199. The highest BCUT2D eigenvalue weighted by Crippen LogP contribution is 2.28. The lowest BCUT2D eigenvalue weighted by molar-refractivity contribution is 0.384. The Morgan fingerprint density at radius 3 is 2.44 bits per heavy atom. The molecule has 0 unspecified atom stereocenters. The molecule has 2 rings (SSSR count). The summed E-state index contributed by atoms with van der Waals surface area (Å²) >= 11 is 5.94. The normalized spacial score (nSPS) is 11.2. The fourth-order valence-corrected chi connectivity index (χ4v) is 3.70. The van der Waals surface area contributed by atoms with Crippen molar-refractivity contribution in [3.63, 3.8) is 0 Å². The van der Waals surface area contributed by atoms with Crippen molar-refractivity contribution < 1.29 is 17.9 Å². The molecular weight excluding hydrogens is 364 g/mol. The van der Waals surface area contributed by atoms with Crippen molar-refractivity contribution in [2.75, 3.05) is 21.3 Å². The summed E-state index contributed by atoms with van der Waals surface area (Å²) < 4.78 is 37.1. The second-order valence-corrected chi connectivity index (χ2v) is 7.64. The number of nitrogens with zero attached hydrogens (tertiary/aromatic N) is 2. The summed E-state index contributed by atoms with van der Waals surface area (Å²) in [5, 5.41) is 8.99. The molecule has 2 aromatic rings. The number of benzene rings is 2. The van der Waals surface area contributed by atoms with E-state index in [9.17, 15) is 8.42 Å². The number of sulfonamides is 1. The van der Waals surface area contributed by atoms with Crippen molar-refractivity contribution >= 4 is 21.6 Å². The predicted molar refractivity (Wildman–Crippen MR) is 94.4 cm³/mol. The van der Waals surface area contributed by atoms with Gasteiger partial charge in [0, 0.05) is 25.2 Å². The molecule has 8 heteroatoms. The maximum atomic E-state index is 12.7. The molecule has 2 aromatic carbocycles. The average molecular weight is 381 g/mol. The number of hydrogen-bond donors (Lipinski definition) is 0. The predicted octanol–water partition coefficient (Wildman–Crippen LogP) is 3.05. The van der Waals surface area contributed by atoms with Gasteiger partial charge in [-0.05, 0) is 24.3 Å². The summed E-state index contributed by atoms with van der Waals surface area (Å²) in [6, 6.07) is 11.1. The minimum absolute atomic E-state index is 0.0199. The van der Waals surface area contributed by atoms with Gasteiger partial charge < -0.3 is 9.47 Å². The first-order valence-corrected chi connectivity index (χ1v) is 9.02. The van der Waals surface area contributed by atoms with Crippen molar-refractivity contribution in [1.82, 2.24) is 4.31 Å². The minimum Gasteiger partial charge on any atom is -0.497 e. The van der Waals surface area contributed by atoms with Gasteiger partial charge in [-0.15, -0.1) is 0 Å². The van der Waals surface area contributed by atoms with Crippen LogP contribution in [-0.2, 0) is 16.6 Å². The molecular formula is C17H17ClN2O4S. The van der Waals surface area contributed by atoms with Crippen molar-refractivity contribution in [3.8, 4) is 17.6 Å². The Labute approximate surface area is 152 Å². The number of ether oxygens (including phenoxy) is 2. The lowest BCUT2D eigenvalue weighted by Crippen LogP contribution is -2.26. The smallest absolute Gasteiger partial charge is 0.243 e. The molecule has 0 aromatic heterocycles. The lowest BCUT2D eigenvalue weighted by Gasteiger charge is -2.19. The van der Waals surface area contributed by atoms with Crippen LogP contribution in [0.4, 0.5) is 0 Å². The Bertz CT molecular complexity index is 923. The van der Waals surface area contributed by atoms with Gasteiger partial charge in [-0.3, -0.25) is 0 Å². The molecule has 0 amide bonds. The fraction of sp³-hybridized carbons (Fsp3) is 0.235. The molecule has 0 bridgehead atoms. The van der Waals surface area contributed by atoms with Gasteiger partial charge in [0.2, 0.25) is 10.0 Å². The highest BCUT2D eigenvalue weighted by molar-refractivity contribution is 7.89. The van der Waals surface area contributed by atoms with E-state index in [-0.39, 0.29) is 22.0 Å². The second kappa shape index (κ2) is 7.74. The van der Waals surface area contributed by atoms with Crippen LogP contribution in [0.2, 0.25) is 5.02 Å². The van der Waals surface area contributed by atoms with Gasteiger partial charge in [0.1, 0.15) is 17.6 Å². The fourth-order valence-electron chi connectivity index (χ4n) is 2.23. The van der Waals surface area contributed by atoms with Crippen LogP contribution in [-0.4, -0.2) is 34.0 Å². The van der Waals surface area contributed by atoms with Crippen molar-refractivity contribution in [1.29, 1.82) is 5.26 Å². The Morgan fingerprint density at radius 1 is 1.16 bits per heavy atom. The van der Waals surface area contributed by atoms with E-state index in [0.29, 0.717) is 17.1 Å². The van der Waals surface area contributed by atoms with E-state index in [1.807, 2.05) is 6.07 Å². The van der Waals surface area contributed by atoms with E-state index in [4.69, 9.17) is 26.3 Å². The third-order valence-corrected chi connectivity index (χ3v) is 5.77. The van der Waals surface area contributed by atoms with Crippen LogP contribution in [0.5, 0.6) is 11.5 Å². The third kappa shape index (κ3) is 4.04. The zero-order valence-corrected chi connectivity index (χ0v) is 15.6. The molecule has 0 N–H and O–H groups in total. The lowest BCUT2D eigenvalue weighted by atomic mass is 10.2. The van der Waals surface area contributed by atoms with Gasteiger partial charge >= 0.3 is 0 Å². The van der Waals surface area contributed by atoms with Gasteiger partial charge in [-0.1, -0.05) is 17.7 Å². The van der Waals surface area contributed by atoms with Crippen molar-refractivity contribution in [2.45, 2.75) is 11.4 Å². The molecule has 0 saturated heterocycles. The first-order valence-electron chi connectivity index (χ1n) is 7.20. The highest BCUT2D eigenvalue weighted by Gasteiger charge is 2.23. The van der Waals surface area contributed by atoms with E-state index in [0.717, 1.165) is 0 Å². The van der Waals surface area contributed by atoms with Crippen molar-refractivity contribution in [2.24, 2.45) is 0 Å². The summed E-state index contributed by atoms with van der Waals surface area (Å²) in [6.07, 6.45) is 0. The average Bonchev–Trinajstić information content (AvgIpc) is 2.61. The summed E-state index contributed by atoms with van der Waals surface area (Å²) in [5.74, 6) is 1.14. The number of methoxy groups -OCH3 is 2. The van der Waals surface area contributed by atoms with Gasteiger partial charge in [0.15, 0.2) is 0 Å². The molecule has 0 saturated carbocycles. The Kier molecular flexibility index (Phi) is 5.90. The molecule has 0 atom stereocenters. The molecule has 0 radical (unpaired) electrons. The van der Waals surface area contributed by atoms with Gasteiger partial charge in [-0.2, -0.15) is 9.57 Å². The van der Waals surface area contributed by atoms with Gasteiger partial charge in [0.05, 0.1) is 29.7 Å². The van der Waals surface area contributed by atoms with Gasteiger partial charge in [0.25, 0.3) is 0 Å². The van der Waals surface area contributed by atoms with E-state index in [1.165, 1.54) is 36.7 Å². The third-order valence-electron chi connectivity index (χ3n) is 3.66. The second-order valence-electron chi connectivity index (χ2n) is 5.19. The topological polar surface area (TPSA) is 79.6 Å². The molecule has 0 aliphatic carbocycles. The molecule has 25 heavy (non-hydrogen) atoms. The summed E-state index contributed by atoms with van der Waals surface area (Å²) in [7, 11) is 0.739. The van der Waals surface area contributed by atoms with Crippen LogP contribution in [0.15, 0.2) is 41.3 Å². The van der Waals surface area contributed by atoms with Crippen LogP contribution in [0, 0.1) is 11.3 Å². The van der Waals surface area contributed by atoms with E-state index >= 15 is 0 Å². The Hall–Kier alpha value is -2.27. The molecule has 132 valence electrons. The summed E-state index contributed by atoms with van der Waals surface area (Å²) in [6.45, 7) is 0.104.